The van der Waals surface area contributed by atoms with Gasteiger partial charge in [0.25, 0.3) is 0 Å². The smallest absolute Gasteiger partial charge is 0.0594 e. The van der Waals surface area contributed by atoms with Gasteiger partial charge in [0.1, 0.15) is 0 Å². The summed E-state index contributed by atoms with van der Waals surface area (Å²) in [5.41, 5.74) is 2.86. The molecule has 1 aromatic carbocycles. The number of anilines is 1. The van der Waals surface area contributed by atoms with Gasteiger partial charge >= 0.3 is 0 Å². The summed E-state index contributed by atoms with van der Waals surface area (Å²) in [6.07, 6.45) is 5.53. The third kappa shape index (κ3) is 4.75. The number of likely N-dealkylation sites (tertiary alicyclic amines) is 1. The van der Waals surface area contributed by atoms with Crippen molar-refractivity contribution in [3.8, 4) is 0 Å². The summed E-state index contributed by atoms with van der Waals surface area (Å²) in [6, 6.07) is 9.22. The molecule has 4 nitrogen and oxygen atoms in total. The molecule has 0 radical (unpaired) electrons. The Morgan fingerprint density at radius 3 is 2.40 bits per heavy atom. The Labute approximate surface area is 152 Å². The maximum atomic E-state index is 5.46. The van der Waals surface area contributed by atoms with Gasteiger partial charge in [0.05, 0.1) is 13.2 Å². The van der Waals surface area contributed by atoms with Crippen LogP contribution in [0.4, 0.5) is 5.69 Å². The Kier molecular flexibility index (Phi) is 5.90. The van der Waals surface area contributed by atoms with Crippen molar-refractivity contribution >= 4 is 5.69 Å². The molecule has 0 aliphatic carbocycles. The number of piperidine rings is 1. The normalized spacial score (nSPS) is 24.1. The molecule has 0 aromatic heterocycles. The first-order chi connectivity index (χ1) is 12.4. The standard InChI is InChI=1S/C21H33N3O/c1-2-9-22(8-1)17-19-6-10-24(11-7-19)21-5-3-4-20(16-21)18-23-12-14-25-15-13-23/h3-5,16,19H,1-2,6-15,17-18H2. The molecule has 3 aliphatic rings. The number of rotatable bonds is 5. The minimum atomic E-state index is 0.879. The topological polar surface area (TPSA) is 19.0 Å². The molecule has 0 bridgehead atoms. The monoisotopic (exact) mass is 343 g/mol. The fourth-order valence-corrected chi connectivity index (χ4v) is 4.57. The molecule has 4 rings (SSSR count). The molecular weight excluding hydrogens is 310 g/mol. The zero-order chi connectivity index (χ0) is 16.9. The van der Waals surface area contributed by atoms with E-state index in [1.807, 2.05) is 0 Å². The lowest BCUT2D eigenvalue weighted by Crippen LogP contribution is -2.38. The molecule has 4 heteroatoms. The first kappa shape index (κ1) is 17.3. The highest BCUT2D eigenvalue weighted by Crippen LogP contribution is 2.26. The van der Waals surface area contributed by atoms with Crippen LogP contribution < -0.4 is 4.90 Å². The zero-order valence-corrected chi connectivity index (χ0v) is 15.5. The fraction of sp³-hybridized carbons (Fsp3) is 0.714. The van der Waals surface area contributed by atoms with Gasteiger partial charge in [-0.05, 0) is 62.4 Å². The van der Waals surface area contributed by atoms with Crippen molar-refractivity contribution in [2.45, 2.75) is 32.2 Å². The van der Waals surface area contributed by atoms with Gasteiger partial charge in [0.2, 0.25) is 0 Å². The van der Waals surface area contributed by atoms with Crippen LogP contribution >= 0.6 is 0 Å². The van der Waals surface area contributed by atoms with E-state index in [4.69, 9.17) is 4.74 Å². The fourth-order valence-electron chi connectivity index (χ4n) is 4.57. The van der Waals surface area contributed by atoms with E-state index in [1.54, 1.807) is 0 Å². The summed E-state index contributed by atoms with van der Waals surface area (Å²) in [6.45, 7) is 11.4. The predicted octanol–water partition coefficient (Wildman–Crippen LogP) is 2.83. The second-order valence-corrected chi connectivity index (χ2v) is 8.00. The van der Waals surface area contributed by atoms with Gasteiger partial charge in [0, 0.05) is 45.0 Å². The van der Waals surface area contributed by atoms with Gasteiger partial charge in [-0.3, -0.25) is 4.90 Å². The Bertz CT molecular complexity index is 530. The number of morpholine rings is 1. The van der Waals surface area contributed by atoms with Crippen molar-refractivity contribution in [2.75, 3.05) is 63.9 Å². The number of nitrogens with zero attached hydrogens (tertiary/aromatic N) is 3. The van der Waals surface area contributed by atoms with E-state index in [1.165, 1.54) is 69.7 Å². The minimum Gasteiger partial charge on any atom is -0.379 e. The number of benzene rings is 1. The van der Waals surface area contributed by atoms with Gasteiger partial charge in [-0.15, -0.1) is 0 Å². The quantitative estimate of drug-likeness (QED) is 0.818. The Morgan fingerprint density at radius 2 is 1.64 bits per heavy atom. The largest absolute Gasteiger partial charge is 0.379 e. The lowest BCUT2D eigenvalue weighted by molar-refractivity contribution is 0.0342. The Morgan fingerprint density at radius 1 is 0.880 bits per heavy atom. The third-order valence-electron chi connectivity index (χ3n) is 6.12. The SMILES string of the molecule is c1cc(CN2CCOCC2)cc(N2CCC(CN3CCCC3)CC2)c1. The maximum absolute atomic E-state index is 5.46. The first-order valence-corrected chi connectivity index (χ1v) is 10.2. The highest BCUT2D eigenvalue weighted by molar-refractivity contribution is 5.49. The minimum absolute atomic E-state index is 0.879. The molecule has 3 fully saturated rings. The highest BCUT2D eigenvalue weighted by atomic mass is 16.5. The van der Waals surface area contributed by atoms with Crippen molar-refractivity contribution in [1.29, 1.82) is 0 Å². The third-order valence-corrected chi connectivity index (χ3v) is 6.12. The van der Waals surface area contributed by atoms with Crippen molar-refractivity contribution < 1.29 is 4.74 Å². The van der Waals surface area contributed by atoms with Gasteiger partial charge in [-0.2, -0.15) is 0 Å². The van der Waals surface area contributed by atoms with E-state index >= 15 is 0 Å². The van der Waals surface area contributed by atoms with E-state index in [-0.39, 0.29) is 0 Å². The van der Waals surface area contributed by atoms with E-state index in [9.17, 15) is 0 Å². The lowest BCUT2D eigenvalue weighted by Gasteiger charge is -2.35. The summed E-state index contributed by atoms with van der Waals surface area (Å²) in [5.74, 6) is 0.908. The number of hydrogen-bond acceptors (Lipinski definition) is 4. The van der Waals surface area contributed by atoms with Gasteiger partial charge < -0.3 is 14.5 Å². The molecule has 0 amide bonds. The zero-order valence-electron chi connectivity index (χ0n) is 15.5. The Hall–Kier alpha value is -1.10. The molecular formula is C21H33N3O. The van der Waals surface area contributed by atoms with Crippen LogP contribution in [0.2, 0.25) is 0 Å². The molecule has 3 aliphatic heterocycles. The molecule has 0 saturated carbocycles. The molecule has 0 N–H and O–H groups in total. The molecule has 3 heterocycles. The summed E-state index contributed by atoms with van der Waals surface area (Å²) >= 11 is 0. The average Bonchev–Trinajstić information content (AvgIpc) is 3.16. The van der Waals surface area contributed by atoms with Crippen LogP contribution in [0.5, 0.6) is 0 Å². The summed E-state index contributed by atoms with van der Waals surface area (Å²) in [5, 5.41) is 0. The molecule has 0 unspecified atom stereocenters. The molecule has 0 atom stereocenters. The number of ether oxygens (including phenoxy) is 1. The van der Waals surface area contributed by atoms with Crippen LogP contribution in [0, 0.1) is 5.92 Å². The van der Waals surface area contributed by atoms with Crippen molar-refractivity contribution in [3.05, 3.63) is 29.8 Å². The van der Waals surface area contributed by atoms with Crippen LogP contribution in [0.1, 0.15) is 31.2 Å². The van der Waals surface area contributed by atoms with Crippen LogP contribution in [-0.2, 0) is 11.3 Å². The highest BCUT2D eigenvalue weighted by Gasteiger charge is 2.23. The molecule has 25 heavy (non-hydrogen) atoms. The summed E-state index contributed by atoms with van der Waals surface area (Å²) < 4.78 is 5.46. The number of hydrogen-bond donors (Lipinski definition) is 0. The van der Waals surface area contributed by atoms with Crippen LogP contribution in [0.3, 0.4) is 0 Å². The summed E-state index contributed by atoms with van der Waals surface area (Å²) in [7, 11) is 0. The van der Waals surface area contributed by atoms with Gasteiger partial charge in [-0.1, -0.05) is 12.1 Å². The molecule has 138 valence electrons. The van der Waals surface area contributed by atoms with Crippen LogP contribution in [-0.4, -0.2) is 68.8 Å². The second kappa shape index (κ2) is 8.52. The van der Waals surface area contributed by atoms with Crippen molar-refractivity contribution in [2.24, 2.45) is 5.92 Å². The average molecular weight is 344 g/mol. The van der Waals surface area contributed by atoms with Crippen LogP contribution in [0.15, 0.2) is 24.3 Å². The van der Waals surface area contributed by atoms with E-state index in [0.29, 0.717) is 0 Å². The van der Waals surface area contributed by atoms with Gasteiger partial charge in [-0.25, -0.2) is 0 Å². The van der Waals surface area contributed by atoms with E-state index < -0.39 is 0 Å². The predicted molar refractivity (Wildman–Crippen MR) is 103 cm³/mol. The van der Waals surface area contributed by atoms with Gasteiger partial charge in [0.15, 0.2) is 0 Å². The maximum Gasteiger partial charge on any atom is 0.0594 e. The molecule has 0 spiro atoms. The van der Waals surface area contributed by atoms with E-state index in [0.717, 1.165) is 38.8 Å². The van der Waals surface area contributed by atoms with E-state index in [2.05, 4.69) is 39.0 Å². The molecule has 3 saturated heterocycles. The lowest BCUT2D eigenvalue weighted by atomic mass is 9.95. The van der Waals surface area contributed by atoms with Crippen molar-refractivity contribution in [1.82, 2.24) is 9.80 Å². The summed E-state index contributed by atoms with van der Waals surface area (Å²) in [4.78, 5) is 7.79. The molecule has 1 aromatic rings. The Balaban J connectivity index is 1.29. The van der Waals surface area contributed by atoms with Crippen molar-refractivity contribution in [3.63, 3.8) is 0 Å². The second-order valence-electron chi connectivity index (χ2n) is 8.00. The van der Waals surface area contributed by atoms with Crippen LogP contribution in [0.25, 0.3) is 0 Å². The first-order valence-electron chi connectivity index (χ1n) is 10.2.